The minimum Gasteiger partial charge on any atom is -0.496 e. The van der Waals surface area contributed by atoms with E-state index in [4.69, 9.17) is 4.74 Å². The molecule has 1 fully saturated rings. The Morgan fingerprint density at radius 1 is 1.30 bits per heavy atom. The molecule has 4 rings (SSSR count). The van der Waals surface area contributed by atoms with E-state index in [1.807, 2.05) is 36.4 Å². The first kappa shape index (κ1) is 20.3. The van der Waals surface area contributed by atoms with E-state index in [9.17, 15) is 9.90 Å². The van der Waals surface area contributed by atoms with Gasteiger partial charge in [-0.3, -0.25) is 4.79 Å². The van der Waals surface area contributed by atoms with Gasteiger partial charge in [-0.2, -0.15) is 0 Å². The van der Waals surface area contributed by atoms with E-state index in [1.165, 1.54) is 17.7 Å². The first-order valence-electron chi connectivity index (χ1n) is 9.89. The van der Waals surface area contributed by atoms with E-state index in [1.54, 1.807) is 12.0 Å². The van der Waals surface area contributed by atoms with Gasteiger partial charge in [-0.25, -0.2) is 9.97 Å². The van der Waals surface area contributed by atoms with Gasteiger partial charge in [0.15, 0.2) is 0 Å². The van der Waals surface area contributed by atoms with E-state index in [0.29, 0.717) is 30.9 Å². The maximum Gasteiger partial charge on any atom is 0.264 e. The zero-order valence-corrected chi connectivity index (χ0v) is 17.6. The number of rotatable bonds is 7. The number of hydrogen-bond donors (Lipinski definition) is 2. The standard InChI is InChI=1S/C22H24N4O3S/c1-29-18-5-3-2-4-15(18)8-10-23-21-12-17(24-14-25-21)19-6-7-20(30-19)22(28)26-11-9-16(27)13-26/h2-7,12,14,16,27H,8-11,13H2,1H3,(H,23,24,25)/t16-/m0/s1. The number of carbonyl (C=O) groups excluding carboxylic acids is 1. The normalized spacial score (nSPS) is 15.9. The summed E-state index contributed by atoms with van der Waals surface area (Å²) in [4.78, 5) is 24.5. The number of thiophene rings is 1. The Morgan fingerprint density at radius 3 is 2.97 bits per heavy atom. The summed E-state index contributed by atoms with van der Waals surface area (Å²) in [6, 6.07) is 13.6. The lowest BCUT2D eigenvalue weighted by molar-refractivity contribution is 0.0769. The zero-order chi connectivity index (χ0) is 20.9. The molecule has 156 valence electrons. The largest absolute Gasteiger partial charge is 0.496 e. The van der Waals surface area contributed by atoms with E-state index >= 15 is 0 Å². The Balaban J connectivity index is 1.40. The van der Waals surface area contributed by atoms with Crippen molar-refractivity contribution < 1.29 is 14.6 Å². The van der Waals surface area contributed by atoms with Crippen molar-refractivity contribution in [1.82, 2.24) is 14.9 Å². The molecule has 0 bridgehead atoms. The lowest BCUT2D eigenvalue weighted by Gasteiger charge is -2.13. The van der Waals surface area contributed by atoms with Crippen LogP contribution in [0.1, 0.15) is 21.7 Å². The van der Waals surface area contributed by atoms with Crippen LogP contribution in [-0.4, -0.2) is 58.7 Å². The molecule has 0 spiro atoms. The Bertz CT molecular complexity index is 1020. The third kappa shape index (κ3) is 4.60. The number of para-hydroxylation sites is 1. The minimum atomic E-state index is -0.417. The molecule has 3 heterocycles. The summed E-state index contributed by atoms with van der Waals surface area (Å²) in [5.41, 5.74) is 1.91. The van der Waals surface area contributed by atoms with Crippen molar-refractivity contribution in [2.75, 3.05) is 32.1 Å². The molecular weight excluding hydrogens is 400 g/mol. The number of nitrogens with zero attached hydrogens (tertiary/aromatic N) is 3. The highest BCUT2D eigenvalue weighted by Gasteiger charge is 2.26. The van der Waals surface area contributed by atoms with Gasteiger partial charge in [0.05, 0.1) is 28.7 Å². The fraction of sp³-hybridized carbons (Fsp3) is 0.318. The van der Waals surface area contributed by atoms with Gasteiger partial charge >= 0.3 is 0 Å². The molecule has 8 heteroatoms. The van der Waals surface area contributed by atoms with Crippen molar-refractivity contribution in [3.63, 3.8) is 0 Å². The highest BCUT2D eigenvalue weighted by molar-refractivity contribution is 7.17. The number of anilines is 1. The molecule has 1 saturated heterocycles. The molecule has 0 unspecified atom stereocenters. The lowest BCUT2D eigenvalue weighted by Crippen LogP contribution is -2.28. The van der Waals surface area contributed by atoms with Crippen LogP contribution in [-0.2, 0) is 6.42 Å². The van der Waals surface area contributed by atoms with E-state index in [0.717, 1.165) is 34.1 Å². The number of likely N-dealkylation sites (tertiary alicyclic amines) is 1. The van der Waals surface area contributed by atoms with E-state index in [-0.39, 0.29) is 5.91 Å². The molecule has 1 atom stereocenters. The molecule has 1 amide bonds. The molecule has 30 heavy (non-hydrogen) atoms. The molecule has 0 saturated carbocycles. The predicted molar refractivity (Wildman–Crippen MR) is 117 cm³/mol. The number of carbonyl (C=O) groups is 1. The molecule has 0 radical (unpaired) electrons. The summed E-state index contributed by atoms with van der Waals surface area (Å²) in [7, 11) is 1.68. The van der Waals surface area contributed by atoms with Crippen LogP contribution in [0, 0.1) is 0 Å². The van der Waals surface area contributed by atoms with E-state index < -0.39 is 6.10 Å². The van der Waals surface area contributed by atoms with Crippen LogP contribution in [0.3, 0.4) is 0 Å². The Labute approximate surface area is 179 Å². The molecule has 7 nitrogen and oxygen atoms in total. The molecule has 1 aliphatic heterocycles. The summed E-state index contributed by atoms with van der Waals surface area (Å²) < 4.78 is 5.39. The number of aliphatic hydroxyl groups excluding tert-OH is 1. The van der Waals surface area contributed by atoms with E-state index in [2.05, 4.69) is 21.4 Å². The number of nitrogens with one attached hydrogen (secondary N) is 1. The third-order valence-electron chi connectivity index (χ3n) is 5.08. The van der Waals surface area contributed by atoms with Crippen LogP contribution in [0.15, 0.2) is 48.8 Å². The van der Waals surface area contributed by atoms with Crippen LogP contribution in [0.5, 0.6) is 5.75 Å². The lowest BCUT2D eigenvalue weighted by atomic mass is 10.1. The number of hydrogen-bond acceptors (Lipinski definition) is 7. The summed E-state index contributed by atoms with van der Waals surface area (Å²) in [5, 5.41) is 13.0. The summed E-state index contributed by atoms with van der Waals surface area (Å²) in [6.07, 6.45) is 2.56. The van der Waals surface area contributed by atoms with Gasteiger partial charge in [0.25, 0.3) is 5.91 Å². The fourth-order valence-electron chi connectivity index (χ4n) is 3.50. The molecular formula is C22H24N4O3S. The van der Waals surface area contributed by atoms with Crippen molar-refractivity contribution in [2.45, 2.75) is 18.9 Å². The first-order valence-corrected chi connectivity index (χ1v) is 10.7. The Kier molecular flexibility index (Phi) is 6.25. The van der Waals surface area contributed by atoms with Crippen molar-refractivity contribution in [3.05, 3.63) is 59.2 Å². The number of amides is 1. The van der Waals surface area contributed by atoms with Gasteiger partial charge in [-0.05, 0) is 36.6 Å². The SMILES string of the molecule is COc1ccccc1CCNc1cc(-c2ccc(C(=O)N3CC[C@H](O)C3)s2)ncn1. The molecule has 3 aromatic rings. The second kappa shape index (κ2) is 9.23. The average molecular weight is 425 g/mol. The van der Waals surface area contributed by atoms with Crippen LogP contribution >= 0.6 is 11.3 Å². The number of ether oxygens (including phenoxy) is 1. The van der Waals surface area contributed by atoms with Crippen molar-refractivity contribution in [3.8, 4) is 16.3 Å². The third-order valence-corrected chi connectivity index (χ3v) is 6.18. The summed E-state index contributed by atoms with van der Waals surface area (Å²) in [6.45, 7) is 1.71. The molecule has 2 N–H and O–H groups in total. The van der Waals surface area contributed by atoms with Crippen LogP contribution in [0.2, 0.25) is 0 Å². The van der Waals surface area contributed by atoms with Gasteiger partial charge in [-0.1, -0.05) is 18.2 Å². The zero-order valence-electron chi connectivity index (χ0n) is 16.7. The number of aliphatic hydroxyl groups is 1. The van der Waals surface area contributed by atoms with Crippen LogP contribution in [0.4, 0.5) is 5.82 Å². The van der Waals surface area contributed by atoms with Gasteiger partial charge in [0.2, 0.25) is 0 Å². The summed E-state index contributed by atoms with van der Waals surface area (Å²) >= 11 is 1.41. The maximum atomic E-state index is 12.6. The van der Waals surface area contributed by atoms with Gasteiger partial charge in [-0.15, -0.1) is 11.3 Å². The second-order valence-electron chi connectivity index (χ2n) is 7.13. The quantitative estimate of drug-likeness (QED) is 0.606. The van der Waals surface area contributed by atoms with Gasteiger partial charge < -0.3 is 20.1 Å². The monoisotopic (exact) mass is 424 g/mol. The van der Waals surface area contributed by atoms with Crippen molar-refractivity contribution in [2.24, 2.45) is 0 Å². The molecule has 2 aromatic heterocycles. The minimum absolute atomic E-state index is 0.0352. The molecule has 0 aliphatic carbocycles. The summed E-state index contributed by atoms with van der Waals surface area (Å²) in [5.74, 6) is 1.58. The van der Waals surface area contributed by atoms with Crippen molar-refractivity contribution >= 4 is 23.1 Å². The first-order chi connectivity index (χ1) is 14.6. The highest BCUT2D eigenvalue weighted by Crippen LogP contribution is 2.29. The maximum absolute atomic E-state index is 12.6. The van der Waals surface area contributed by atoms with Crippen molar-refractivity contribution in [1.29, 1.82) is 0 Å². The molecule has 1 aliphatic rings. The van der Waals surface area contributed by atoms with Crippen LogP contribution < -0.4 is 10.1 Å². The number of benzene rings is 1. The van der Waals surface area contributed by atoms with Gasteiger partial charge in [0.1, 0.15) is 17.9 Å². The topological polar surface area (TPSA) is 87.6 Å². The van der Waals surface area contributed by atoms with Gasteiger partial charge in [0, 0.05) is 25.7 Å². The smallest absolute Gasteiger partial charge is 0.264 e. The number of β-amino-alcohol motifs (C(OH)–C–C–N with tert-alkyl or cyclic N) is 1. The highest BCUT2D eigenvalue weighted by atomic mass is 32.1. The number of methoxy groups -OCH3 is 1. The molecule has 1 aromatic carbocycles. The second-order valence-corrected chi connectivity index (χ2v) is 8.22. The van der Waals surface area contributed by atoms with Crippen LogP contribution in [0.25, 0.3) is 10.6 Å². The Morgan fingerprint density at radius 2 is 2.17 bits per heavy atom. The Hall–Kier alpha value is -2.97. The number of aromatic nitrogens is 2. The average Bonchev–Trinajstić information content (AvgIpc) is 3.43. The predicted octanol–water partition coefficient (Wildman–Crippen LogP) is 3.08. The fourth-order valence-corrected chi connectivity index (χ4v) is 4.44.